The van der Waals surface area contributed by atoms with Crippen molar-refractivity contribution >= 4 is 23.2 Å². The second-order valence-corrected chi connectivity index (χ2v) is 4.52. The molecule has 0 radical (unpaired) electrons. The third-order valence-corrected chi connectivity index (χ3v) is 2.78. The van der Waals surface area contributed by atoms with Crippen LogP contribution in [0.25, 0.3) is 0 Å². The monoisotopic (exact) mass is 293 g/mol. The average Bonchev–Trinajstić information content (AvgIpc) is 2.33. The van der Waals surface area contributed by atoms with E-state index in [4.69, 9.17) is 32.7 Å². The molecular weight excluding hydrogens is 277 g/mol. The van der Waals surface area contributed by atoms with Crippen molar-refractivity contribution in [1.82, 2.24) is 5.32 Å². The van der Waals surface area contributed by atoms with Crippen molar-refractivity contribution in [2.24, 2.45) is 0 Å². The number of halogens is 2. The highest BCUT2D eigenvalue weighted by molar-refractivity contribution is 6.35. The van der Waals surface area contributed by atoms with Crippen molar-refractivity contribution in [3.63, 3.8) is 0 Å². The fraction of sp³-hybridized carbons (Fsp3) is 0.500. The molecule has 1 aromatic carbocycles. The smallest absolute Gasteiger partial charge is 0.138 e. The predicted molar refractivity (Wildman–Crippen MR) is 72.5 cm³/mol. The molecule has 102 valence electrons. The number of rotatable bonds is 8. The number of nitrogens with one attached hydrogen (secondary N) is 1. The van der Waals surface area contributed by atoms with Gasteiger partial charge < -0.3 is 19.9 Å². The van der Waals surface area contributed by atoms with Gasteiger partial charge in [0.25, 0.3) is 0 Å². The summed E-state index contributed by atoms with van der Waals surface area (Å²) < 4.78 is 10.1. The largest absolute Gasteiger partial charge is 0.506 e. The van der Waals surface area contributed by atoms with Crippen molar-refractivity contribution in [2.45, 2.75) is 6.54 Å². The highest BCUT2D eigenvalue weighted by atomic mass is 35.5. The molecule has 0 heterocycles. The molecule has 4 nitrogen and oxygen atoms in total. The van der Waals surface area contributed by atoms with Gasteiger partial charge in [-0.15, -0.1) is 0 Å². The van der Waals surface area contributed by atoms with Crippen molar-refractivity contribution < 1.29 is 14.6 Å². The molecule has 2 N–H and O–H groups in total. The molecule has 1 aromatic rings. The van der Waals surface area contributed by atoms with Gasteiger partial charge in [-0.2, -0.15) is 0 Å². The summed E-state index contributed by atoms with van der Waals surface area (Å²) in [5.74, 6) is 0.0638. The van der Waals surface area contributed by atoms with Crippen LogP contribution in [0.15, 0.2) is 12.1 Å². The number of aromatic hydroxyl groups is 1. The van der Waals surface area contributed by atoms with E-state index >= 15 is 0 Å². The van der Waals surface area contributed by atoms with E-state index in [0.29, 0.717) is 43.5 Å². The van der Waals surface area contributed by atoms with Crippen LogP contribution in [0.4, 0.5) is 0 Å². The Kier molecular flexibility index (Phi) is 7.39. The zero-order valence-electron chi connectivity index (χ0n) is 10.2. The van der Waals surface area contributed by atoms with E-state index in [1.165, 1.54) is 6.07 Å². The van der Waals surface area contributed by atoms with Crippen LogP contribution in [0, 0.1) is 0 Å². The minimum absolute atomic E-state index is 0.0638. The summed E-state index contributed by atoms with van der Waals surface area (Å²) in [7, 11) is 1.63. The Morgan fingerprint density at radius 3 is 2.72 bits per heavy atom. The maximum absolute atomic E-state index is 9.72. The van der Waals surface area contributed by atoms with Crippen LogP contribution in [0.1, 0.15) is 5.56 Å². The number of phenols is 1. The van der Waals surface area contributed by atoms with Gasteiger partial charge in [-0.3, -0.25) is 0 Å². The van der Waals surface area contributed by atoms with Crippen molar-refractivity contribution in [1.29, 1.82) is 0 Å². The van der Waals surface area contributed by atoms with Crippen molar-refractivity contribution in [2.75, 3.05) is 33.5 Å². The first-order valence-electron chi connectivity index (χ1n) is 5.59. The molecule has 0 atom stereocenters. The molecule has 18 heavy (non-hydrogen) atoms. The molecule has 6 heteroatoms. The highest BCUT2D eigenvalue weighted by Crippen LogP contribution is 2.30. The van der Waals surface area contributed by atoms with Crippen LogP contribution in [-0.2, 0) is 16.0 Å². The number of hydrogen-bond donors (Lipinski definition) is 2. The lowest BCUT2D eigenvalue weighted by molar-refractivity contribution is 0.0719. The van der Waals surface area contributed by atoms with E-state index in [-0.39, 0.29) is 10.8 Å². The SMILES string of the molecule is COCCOCCNCc1cc(Cl)cc(Cl)c1O. The summed E-state index contributed by atoms with van der Waals surface area (Å²) >= 11 is 11.7. The molecule has 0 aliphatic heterocycles. The molecule has 0 aliphatic carbocycles. The molecule has 1 rings (SSSR count). The lowest BCUT2D eigenvalue weighted by atomic mass is 10.2. The molecule has 0 bridgehead atoms. The third-order valence-electron chi connectivity index (χ3n) is 2.28. The van der Waals surface area contributed by atoms with Gasteiger partial charge >= 0.3 is 0 Å². The maximum Gasteiger partial charge on any atom is 0.138 e. The van der Waals surface area contributed by atoms with Crippen LogP contribution in [0.3, 0.4) is 0 Å². The minimum atomic E-state index is 0.0638. The van der Waals surface area contributed by atoms with E-state index in [1.54, 1.807) is 13.2 Å². The van der Waals surface area contributed by atoms with Gasteiger partial charge in [-0.05, 0) is 12.1 Å². The van der Waals surface area contributed by atoms with Crippen LogP contribution in [0.2, 0.25) is 10.0 Å². The molecule has 0 saturated heterocycles. The Morgan fingerprint density at radius 1 is 1.22 bits per heavy atom. The summed E-state index contributed by atoms with van der Waals surface area (Å²) in [6.07, 6.45) is 0. The zero-order valence-corrected chi connectivity index (χ0v) is 11.7. The first kappa shape index (κ1) is 15.5. The van der Waals surface area contributed by atoms with Gasteiger partial charge in [0, 0.05) is 30.8 Å². The zero-order chi connectivity index (χ0) is 13.4. The van der Waals surface area contributed by atoms with Crippen LogP contribution in [-0.4, -0.2) is 38.6 Å². The van der Waals surface area contributed by atoms with Gasteiger partial charge in [0.15, 0.2) is 0 Å². The van der Waals surface area contributed by atoms with Crippen LogP contribution < -0.4 is 5.32 Å². The van der Waals surface area contributed by atoms with E-state index < -0.39 is 0 Å². The Morgan fingerprint density at radius 2 is 2.00 bits per heavy atom. The fourth-order valence-electron chi connectivity index (χ4n) is 1.37. The van der Waals surface area contributed by atoms with Gasteiger partial charge in [0.1, 0.15) is 5.75 Å². The Bertz CT molecular complexity index is 375. The second-order valence-electron chi connectivity index (χ2n) is 3.68. The first-order chi connectivity index (χ1) is 8.65. The molecule has 0 amide bonds. The molecule has 0 aliphatic rings. The summed E-state index contributed by atoms with van der Waals surface area (Å²) in [6, 6.07) is 3.19. The molecule has 0 unspecified atom stereocenters. The van der Waals surface area contributed by atoms with Gasteiger partial charge in [0.05, 0.1) is 24.8 Å². The molecule has 0 fully saturated rings. The van der Waals surface area contributed by atoms with Crippen molar-refractivity contribution in [3.8, 4) is 5.75 Å². The molecular formula is C12H17Cl2NO3. The maximum atomic E-state index is 9.72. The van der Waals surface area contributed by atoms with Crippen LogP contribution in [0.5, 0.6) is 5.75 Å². The van der Waals surface area contributed by atoms with Gasteiger partial charge in [-0.25, -0.2) is 0 Å². The van der Waals surface area contributed by atoms with Crippen molar-refractivity contribution in [3.05, 3.63) is 27.7 Å². The van der Waals surface area contributed by atoms with E-state index in [9.17, 15) is 5.11 Å². The second kappa shape index (κ2) is 8.56. The standard InChI is InChI=1S/C12H17Cl2NO3/c1-17-4-5-18-3-2-15-8-9-6-10(13)7-11(14)12(9)16/h6-7,15-16H,2-5,8H2,1H3. The Hall–Kier alpha value is -0.520. The van der Waals surface area contributed by atoms with Gasteiger partial charge in [0.2, 0.25) is 0 Å². The number of benzene rings is 1. The summed E-state index contributed by atoms with van der Waals surface area (Å²) in [4.78, 5) is 0. The summed E-state index contributed by atoms with van der Waals surface area (Å²) in [6.45, 7) is 2.91. The predicted octanol–water partition coefficient (Wildman–Crippen LogP) is 2.45. The minimum Gasteiger partial charge on any atom is -0.506 e. The topological polar surface area (TPSA) is 50.7 Å². The van der Waals surface area contributed by atoms with E-state index in [2.05, 4.69) is 5.32 Å². The Labute approximate surface area is 117 Å². The lowest BCUT2D eigenvalue weighted by Gasteiger charge is -2.09. The van der Waals surface area contributed by atoms with Crippen LogP contribution >= 0.6 is 23.2 Å². The van der Waals surface area contributed by atoms with Gasteiger partial charge in [-0.1, -0.05) is 23.2 Å². The molecule has 0 saturated carbocycles. The molecule has 0 aromatic heterocycles. The number of methoxy groups -OCH3 is 1. The molecule has 0 spiro atoms. The Balaban J connectivity index is 2.27. The number of phenolic OH excluding ortho intramolecular Hbond substituents is 1. The number of ether oxygens (including phenoxy) is 2. The third kappa shape index (κ3) is 5.42. The summed E-state index contributed by atoms with van der Waals surface area (Å²) in [5, 5.41) is 13.6. The lowest BCUT2D eigenvalue weighted by Crippen LogP contribution is -2.20. The normalized spacial score (nSPS) is 10.8. The average molecular weight is 294 g/mol. The van der Waals surface area contributed by atoms with E-state index in [1.807, 2.05) is 0 Å². The first-order valence-corrected chi connectivity index (χ1v) is 6.35. The van der Waals surface area contributed by atoms with E-state index in [0.717, 1.165) is 0 Å². The quantitative estimate of drug-likeness (QED) is 0.723. The highest BCUT2D eigenvalue weighted by Gasteiger charge is 2.07. The fourth-order valence-corrected chi connectivity index (χ4v) is 1.90. The number of hydrogen-bond acceptors (Lipinski definition) is 4. The summed E-state index contributed by atoms with van der Waals surface area (Å²) in [5.41, 5.74) is 0.671.